The number of anilines is 2. The highest BCUT2D eigenvalue weighted by Crippen LogP contribution is 2.21. The number of nitrogens with zero attached hydrogens (tertiary/aromatic N) is 5. The Bertz CT molecular complexity index is 886. The molecule has 2 saturated heterocycles. The van der Waals surface area contributed by atoms with Gasteiger partial charge in [-0.3, -0.25) is 4.99 Å². The van der Waals surface area contributed by atoms with Crippen LogP contribution in [0.1, 0.15) is 37.7 Å². The van der Waals surface area contributed by atoms with Gasteiger partial charge in [0, 0.05) is 58.2 Å². The van der Waals surface area contributed by atoms with Gasteiger partial charge in [0.05, 0.1) is 0 Å². The Hall–Kier alpha value is -2.17. The van der Waals surface area contributed by atoms with Crippen LogP contribution in [0.4, 0.5) is 16.0 Å². The topological polar surface area (TPSA) is 68.7 Å². The third-order valence-corrected chi connectivity index (χ3v) is 5.99. The molecule has 2 aliphatic heterocycles. The van der Waals surface area contributed by atoms with E-state index in [1.807, 2.05) is 17.2 Å². The lowest BCUT2D eigenvalue weighted by Gasteiger charge is -2.22. The summed E-state index contributed by atoms with van der Waals surface area (Å²) < 4.78 is 14.0. The van der Waals surface area contributed by atoms with Crippen LogP contribution in [0.2, 0.25) is 0 Å². The Morgan fingerprint density at radius 3 is 2.66 bits per heavy atom. The average molecular weight is 553 g/mol. The molecule has 2 aromatic rings. The van der Waals surface area contributed by atoms with Crippen molar-refractivity contribution in [3.8, 4) is 0 Å². The van der Waals surface area contributed by atoms with E-state index >= 15 is 0 Å². The molecule has 1 atom stereocenters. The van der Waals surface area contributed by atoms with E-state index in [4.69, 9.17) is 0 Å². The summed E-state index contributed by atoms with van der Waals surface area (Å²) in [6.07, 6.45) is 9.53. The van der Waals surface area contributed by atoms with Gasteiger partial charge in [-0.05, 0) is 49.1 Å². The fraction of sp³-hybridized carbons (Fsp3) is 0.522. The van der Waals surface area contributed by atoms with Crippen molar-refractivity contribution in [2.45, 2.75) is 44.7 Å². The van der Waals surface area contributed by atoms with Crippen LogP contribution in [0.3, 0.4) is 0 Å². The molecule has 0 aromatic carbocycles. The fourth-order valence-electron chi connectivity index (χ4n) is 4.30. The lowest BCUT2D eigenvalue weighted by atomic mass is 10.2. The third-order valence-electron chi connectivity index (χ3n) is 5.99. The number of rotatable bonds is 5. The molecular weight excluding hydrogens is 520 g/mol. The van der Waals surface area contributed by atoms with Crippen LogP contribution >= 0.6 is 24.0 Å². The van der Waals surface area contributed by atoms with Crippen molar-refractivity contribution in [2.24, 2.45) is 4.99 Å². The Labute approximate surface area is 206 Å². The smallest absolute Gasteiger partial charge is 0.191 e. The van der Waals surface area contributed by atoms with E-state index in [1.54, 1.807) is 19.3 Å². The van der Waals surface area contributed by atoms with Crippen molar-refractivity contribution >= 4 is 41.6 Å². The van der Waals surface area contributed by atoms with E-state index in [0.29, 0.717) is 18.9 Å². The summed E-state index contributed by atoms with van der Waals surface area (Å²) in [5.74, 6) is 1.96. The first-order valence-electron chi connectivity index (χ1n) is 11.3. The molecule has 0 amide bonds. The van der Waals surface area contributed by atoms with Gasteiger partial charge in [-0.25, -0.2) is 14.4 Å². The molecule has 1 unspecified atom stereocenters. The Morgan fingerprint density at radius 2 is 1.91 bits per heavy atom. The van der Waals surface area contributed by atoms with E-state index in [-0.39, 0.29) is 35.8 Å². The number of nitrogens with one attached hydrogen (secondary N) is 2. The molecule has 174 valence electrons. The SMILES string of the molecule is CN=C(NCc1ccnc(N2CCCCCC2)c1)NC1CCN(c2ncccc2F)C1.I. The monoisotopic (exact) mass is 553 g/mol. The quantitative estimate of drug-likeness (QED) is 0.336. The fourth-order valence-corrected chi connectivity index (χ4v) is 4.30. The lowest BCUT2D eigenvalue weighted by Crippen LogP contribution is -2.44. The first-order valence-corrected chi connectivity index (χ1v) is 11.3. The van der Waals surface area contributed by atoms with Gasteiger partial charge >= 0.3 is 0 Å². The van der Waals surface area contributed by atoms with E-state index in [2.05, 4.69) is 36.6 Å². The molecular formula is C23H33FIN7. The molecule has 2 fully saturated rings. The number of guanidine groups is 1. The van der Waals surface area contributed by atoms with Crippen LogP contribution in [0.15, 0.2) is 41.7 Å². The Balaban J connectivity index is 0.00000289. The minimum absolute atomic E-state index is 0. The predicted molar refractivity (Wildman–Crippen MR) is 138 cm³/mol. The number of halogens is 2. The largest absolute Gasteiger partial charge is 0.357 e. The molecule has 32 heavy (non-hydrogen) atoms. The highest BCUT2D eigenvalue weighted by atomic mass is 127. The first-order chi connectivity index (χ1) is 15.2. The summed E-state index contributed by atoms with van der Waals surface area (Å²) in [7, 11) is 1.77. The summed E-state index contributed by atoms with van der Waals surface area (Å²) in [6, 6.07) is 7.49. The van der Waals surface area contributed by atoms with E-state index < -0.39 is 0 Å². The number of pyridine rings is 2. The zero-order valence-electron chi connectivity index (χ0n) is 18.6. The van der Waals surface area contributed by atoms with Crippen LogP contribution in [0.5, 0.6) is 0 Å². The van der Waals surface area contributed by atoms with Crippen LogP contribution < -0.4 is 20.4 Å². The van der Waals surface area contributed by atoms with E-state index in [1.165, 1.54) is 37.3 Å². The first kappa shape index (κ1) is 24.5. The van der Waals surface area contributed by atoms with Crippen LogP contribution in [-0.2, 0) is 6.54 Å². The molecule has 2 aromatic heterocycles. The standard InChI is InChI=1S/C23H32FN7.HI/c1-25-23(29-19-9-14-31(17-19)22-20(24)7-6-10-27-22)28-16-18-8-11-26-21(15-18)30-12-4-2-3-5-13-30;/h6-8,10-11,15,19H,2-5,9,12-14,16-17H2,1H3,(H2,25,28,29);1H. The summed E-state index contributed by atoms with van der Waals surface area (Å²) in [5.41, 5.74) is 1.18. The van der Waals surface area contributed by atoms with Crippen LogP contribution in [0, 0.1) is 5.82 Å². The second-order valence-electron chi connectivity index (χ2n) is 8.23. The zero-order valence-corrected chi connectivity index (χ0v) is 21.0. The molecule has 9 heteroatoms. The minimum atomic E-state index is -0.274. The summed E-state index contributed by atoms with van der Waals surface area (Å²) in [5, 5.41) is 6.87. The minimum Gasteiger partial charge on any atom is -0.357 e. The number of hydrogen-bond acceptors (Lipinski definition) is 5. The summed E-state index contributed by atoms with van der Waals surface area (Å²) >= 11 is 0. The van der Waals surface area contributed by atoms with Crippen LogP contribution in [-0.4, -0.2) is 55.2 Å². The normalized spacial score (nSPS) is 19.3. The van der Waals surface area contributed by atoms with Crippen molar-refractivity contribution < 1.29 is 4.39 Å². The van der Waals surface area contributed by atoms with Crippen LogP contribution in [0.25, 0.3) is 0 Å². The van der Waals surface area contributed by atoms with Crippen molar-refractivity contribution in [2.75, 3.05) is 43.0 Å². The second kappa shape index (κ2) is 12.2. The molecule has 0 bridgehead atoms. The van der Waals surface area contributed by atoms with Gasteiger partial charge in [0.1, 0.15) is 5.82 Å². The molecule has 4 heterocycles. The van der Waals surface area contributed by atoms with Gasteiger partial charge in [-0.2, -0.15) is 0 Å². The maximum Gasteiger partial charge on any atom is 0.191 e. The average Bonchev–Trinajstić information content (AvgIpc) is 3.08. The second-order valence-corrected chi connectivity index (χ2v) is 8.23. The molecule has 0 radical (unpaired) electrons. The van der Waals surface area contributed by atoms with Gasteiger partial charge in [0.25, 0.3) is 0 Å². The highest BCUT2D eigenvalue weighted by Gasteiger charge is 2.26. The van der Waals surface area contributed by atoms with Gasteiger partial charge in [-0.15, -0.1) is 24.0 Å². The van der Waals surface area contributed by atoms with Gasteiger partial charge in [0.2, 0.25) is 0 Å². The molecule has 2 N–H and O–H groups in total. The third kappa shape index (κ3) is 6.43. The van der Waals surface area contributed by atoms with Crippen molar-refractivity contribution in [1.29, 1.82) is 0 Å². The summed E-state index contributed by atoms with van der Waals surface area (Å²) in [6.45, 7) is 4.31. The predicted octanol–water partition coefficient (Wildman–Crippen LogP) is 3.56. The molecule has 0 aliphatic carbocycles. The van der Waals surface area contributed by atoms with Gasteiger partial charge in [0.15, 0.2) is 17.6 Å². The molecule has 0 saturated carbocycles. The molecule has 0 spiro atoms. The van der Waals surface area contributed by atoms with E-state index in [9.17, 15) is 4.39 Å². The maximum atomic E-state index is 14.0. The maximum absolute atomic E-state index is 14.0. The van der Waals surface area contributed by atoms with Gasteiger partial charge in [-0.1, -0.05) is 12.8 Å². The number of aliphatic imine (C=N–C) groups is 1. The van der Waals surface area contributed by atoms with Crippen molar-refractivity contribution in [3.63, 3.8) is 0 Å². The Morgan fingerprint density at radius 1 is 1.09 bits per heavy atom. The van der Waals surface area contributed by atoms with Gasteiger partial charge < -0.3 is 20.4 Å². The molecule has 2 aliphatic rings. The number of aromatic nitrogens is 2. The Kier molecular flexibility index (Phi) is 9.31. The zero-order chi connectivity index (χ0) is 21.5. The van der Waals surface area contributed by atoms with E-state index in [0.717, 1.165) is 37.8 Å². The highest BCUT2D eigenvalue weighted by molar-refractivity contribution is 14.0. The van der Waals surface area contributed by atoms with Crippen molar-refractivity contribution in [3.05, 3.63) is 48.0 Å². The molecule has 7 nitrogen and oxygen atoms in total. The molecule has 4 rings (SSSR count). The number of hydrogen-bond donors (Lipinski definition) is 2. The lowest BCUT2D eigenvalue weighted by molar-refractivity contribution is 0.612. The summed E-state index contributed by atoms with van der Waals surface area (Å²) in [4.78, 5) is 17.5. The van der Waals surface area contributed by atoms with Crippen molar-refractivity contribution in [1.82, 2.24) is 20.6 Å².